The minimum atomic E-state index is -0.924. The molecule has 0 aromatic heterocycles. The monoisotopic (exact) mass is 313 g/mol. The Bertz CT molecular complexity index is 712. The van der Waals surface area contributed by atoms with E-state index in [4.69, 9.17) is 9.47 Å². The molecule has 0 aliphatic carbocycles. The molecule has 2 aromatic rings. The molecule has 0 aliphatic rings. The second kappa shape index (κ2) is 7.45. The minimum Gasteiger partial charge on any atom is -0.495 e. The molecule has 1 amide bonds. The zero-order chi connectivity index (χ0) is 16.8. The van der Waals surface area contributed by atoms with E-state index in [1.54, 1.807) is 36.4 Å². The van der Waals surface area contributed by atoms with Crippen LogP contribution in [-0.4, -0.2) is 25.1 Å². The molecule has 5 heteroatoms. The Morgan fingerprint density at radius 1 is 1.04 bits per heavy atom. The van der Waals surface area contributed by atoms with Crippen LogP contribution in [0.25, 0.3) is 0 Å². The van der Waals surface area contributed by atoms with Gasteiger partial charge in [-0.15, -0.1) is 0 Å². The Labute approximate surface area is 135 Å². The maximum atomic E-state index is 12.2. The molecule has 23 heavy (non-hydrogen) atoms. The minimum absolute atomic E-state index is 0.420. The number of rotatable bonds is 5. The number of amides is 1. The molecule has 0 saturated carbocycles. The van der Waals surface area contributed by atoms with E-state index in [1.807, 2.05) is 19.1 Å². The Morgan fingerprint density at radius 3 is 2.39 bits per heavy atom. The smallest absolute Gasteiger partial charge is 0.339 e. The van der Waals surface area contributed by atoms with Gasteiger partial charge in [-0.3, -0.25) is 4.79 Å². The van der Waals surface area contributed by atoms with E-state index in [2.05, 4.69) is 5.32 Å². The van der Waals surface area contributed by atoms with Gasteiger partial charge in [-0.1, -0.05) is 30.3 Å². The Morgan fingerprint density at radius 2 is 1.70 bits per heavy atom. The number of ether oxygens (including phenoxy) is 2. The summed E-state index contributed by atoms with van der Waals surface area (Å²) in [5, 5.41) is 2.69. The van der Waals surface area contributed by atoms with Gasteiger partial charge in [0.1, 0.15) is 5.75 Å². The Kier molecular flexibility index (Phi) is 5.36. The fourth-order valence-corrected chi connectivity index (χ4v) is 2.06. The van der Waals surface area contributed by atoms with Gasteiger partial charge in [0.15, 0.2) is 6.10 Å². The standard InChI is InChI=1S/C18H19NO4/c1-12-8-4-5-9-14(12)18(21)23-13(2)17(20)19-15-10-6-7-11-16(15)22-3/h4-11,13H,1-3H3,(H,19,20)/t13-/m1/s1. The topological polar surface area (TPSA) is 64.6 Å². The maximum Gasteiger partial charge on any atom is 0.339 e. The number of carbonyl (C=O) groups excluding carboxylic acids is 2. The van der Waals surface area contributed by atoms with E-state index in [9.17, 15) is 9.59 Å². The first-order chi connectivity index (χ1) is 11.0. The molecule has 0 bridgehead atoms. The van der Waals surface area contributed by atoms with Crippen molar-refractivity contribution in [3.05, 3.63) is 59.7 Å². The summed E-state index contributed by atoms with van der Waals surface area (Å²) in [6.45, 7) is 3.34. The number of nitrogens with one attached hydrogen (secondary N) is 1. The van der Waals surface area contributed by atoms with Gasteiger partial charge in [0.05, 0.1) is 18.4 Å². The summed E-state index contributed by atoms with van der Waals surface area (Å²) in [6, 6.07) is 14.1. The van der Waals surface area contributed by atoms with Crippen LogP contribution in [0.1, 0.15) is 22.8 Å². The predicted octanol–water partition coefficient (Wildman–Crippen LogP) is 3.19. The van der Waals surface area contributed by atoms with Crippen LogP contribution in [0, 0.1) is 6.92 Å². The van der Waals surface area contributed by atoms with Crippen LogP contribution in [0.4, 0.5) is 5.69 Å². The Hall–Kier alpha value is -2.82. The van der Waals surface area contributed by atoms with Crippen molar-refractivity contribution in [1.29, 1.82) is 0 Å². The van der Waals surface area contributed by atoms with Gasteiger partial charge in [-0.25, -0.2) is 4.79 Å². The number of para-hydroxylation sites is 2. The lowest BCUT2D eigenvalue weighted by atomic mass is 10.1. The van der Waals surface area contributed by atoms with E-state index >= 15 is 0 Å². The van der Waals surface area contributed by atoms with Crippen LogP contribution in [-0.2, 0) is 9.53 Å². The first-order valence-electron chi connectivity index (χ1n) is 7.23. The van der Waals surface area contributed by atoms with E-state index < -0.39 is 18.0 Å². The number of carbonyl (C=O) groups is 2. The highest BCUT2D eigenvalue weighted by atomic mass is 16.5. The van der Waals surface area contributed by atoms with Crippen molar-refractivity contribution in [3.8, 4) is 5.75 Å². The van der Waals surface area contributed by atoms with Gasteiger partial charge >= 0.3 is 5.97 Å². The van der Waals surface area contributed by atoms with Crippen molar-refractivity contribution in [2.75, 3.05) is 12.4 Å². The number of hydrogen-bond acceptors (Lipinski definition) is 4. The number of anilines is 1. The normalized spacial score (nSPS) is 11.4. The molecule has 2 aromatic carbocycles. The molecule has 5 nitrogen and oxygen atoms in total. The molecule has 1 N–H and O–H groups in total. The zero-order valence-electron chi connectivity index (χ0n) is 13.3. The van der Waals surface area contributed by atoms with Gasteiger partial charge in [0.2, 0.25) is 0 Å². The molecule has 2 rings (SSSR count). The summed E-state index contributed by atoms with van der Waals surface area (Å²) in [5.41, 5.74) is 1.78. The summed E-state index contributed by atoms with van der Waals surface area (Å²) in [4.78, 5) is 24.3. The number of aryl methyl sites for hydroxylation is 1. The Balaban J connectivity index is 2.03. The van der Waals surface area contributed by atoms with Gasteiger partial charge in [-0.05, 0) is 37.6 Å². The third-order valence-electron chi connectivity index (χ3n) is 3.38. The average Bonchev–Trinajstić information content (AvgIpc) is 2.55. The zero-order valence-corrected chi connectivity index (χ0v) is 13.3. The van der Waals surface area contributed by atoms with Crippen molar-refractivity contribution < 1.29 is 19.1 Å². The number of hydrogen-bond donors (Lipinski definition) is 1. The van der Waals surface area contributed by atoms with E-state index in [1.165, 1.54) is 14.0 Å². The van der Waals surface area contributed by atoms with Crippen LogP contribution < -0.4 is 10.1 Å². The molecule has 120 valence electrons. The predicted molar refractivity (Wildman–Crippen MR) is 87.7 cm³/mol. The fourth-order valence-electron chi connectivity index (χ4n) is 2.06. The summed E-state index contributed by atoms with van der Waals surface area (Å²) in [6.07, 6.45) is -0.924. The van der Waals surface area contributed by atoms with Crippen molar-refractivity contribution in [1.82, 2.24) is 0 Å². The summed E-state index contributed by atoms with van der Waals surface area (Å²) in [7, 11) is 1.52. The largest absolute Gasteiger partial charge is 0.495 e. The quantitative estimate of drug-likeness (QED) is 0.861. The average molecular weight is 313 g/mol. The molecule has 0 heterocycles. The van der Waals surface area contributed by atoms with Gasteiger partial charge in [0, 0.05) is 0 Å². The third-order valence-corrected chi connectivity index (χ3v) is 3.38. The highest BCUT2D eigenvalue weighted by Gasteiger charge is 2.20. The van der Waals surface area contributed by atoms with Crippen LogP contribution in [0.15, 0.2) is 48.5 Å². The lowest BCUT2D eigenvalue weighted by molar-refractivity contribution is -0.123. The van der Waals surface area contributed by atoms with Gasteiger partial charge in [0.25, 0.3) is 5.91 Å². The second-order valence-electron chi connectivity index (χ2n) is 5.05. The molecule has 0 spiro atoms. The van der Waals surface area contributed by atoms with E-state index in [0.717, 1.165) is 5.56 Å². The summed E-state index contributed by atoms with van der Waals surface area (Å²) < 4.78 is 10.4. The fraction of sp³-hybridized carbons (Fsp3) is 0.222. The van der Waals surface area contributed by atoms with Gasteiger partial charge < -0.3 is 14.8 Å². The number of esters is 1. The SMILES string of the molecule is COc1ccccc1NC(=O)[C@@H](C)OC(=O)c1ccccc1C. The van der Waals surface area contributed by atoms with Crippen LogP contribution in [0.2, 0.25) is 0 Å². The molecular weight excluding hydrogens is 294 g/mol. The van der Waals surface area contributed by atoms with Crippen LogP contribution >= 0.6 is 0 Å². The van der Waals surface area contributed by atoms with E-state index in [0.29, 0.717) is 17.0 Å². The number of methoxy groups -OCH3 is 1. The van der Waals surface area contributed by atoms with Crippen molar-refractivity contribution in [3.63, 3.8) is 0 Å². The molecule has 0 radical (unpaired) electrons. The first-order valence-corrected chi connectivity index (χ1v) is 7.23. The molecule has 0 aliphatic heterocycles. The number of benzene rings is 2. The van der Waals surface area contributed by atoms with Crippen LogP contribution in [0.5, 0.6) is 5.75 Å². The highest BCUT2D eigenvalue weighted by molar-refractivity contribution is 5.98. The summed E-state index contributed by atoms with van der Waals surface area (Å²) >= 11 is 0. The molecule has 0 fully saturated rings. The van der Waals surface area contributed by atoms with E-state index in [-0.39, 0.29) is 0 Å². The molecular formula is C18H19NO4. The first kappa shape index (κ1) is 16.5. The molecule has 0 saturated heterocycles. The molecule has 0 unspecified atom stereocenters. The second-order valence-corrected chi connectivity index (χ2v) is 5.05. The van der Waals surface area contributed by atoms with Crippen molar-refractivity contribution in [2.24, 2.45) is 0 Å². The molecule has 1 atom stereocenters. The van der Waals surface area contributed by atoms with Crippen molar-refractivity contribution >= 4 is 17.6 Å². The van der Waals surface area contributed by atoms with Crippen molar-refractivity contribution in [2.45, 2.75) is 20.0 Å². The maximum absolute atomic E-state index is 12.2. The van der Waals surface area contributed by atoms with Gasteiger partial charge in [-0.2, -0.15) is 0 Å². The lowest BCUT2D eigenvalue weighted by Gasteiger charge is -2.15. The van der Waals surface area contributed by atoms with Crippen LogP contribution in [0.3, 0.4) is 0 Å². The third kappa shape index (κ3) is 4.10. The summed E-state index contributed by atoms with van der Waals surface area (Å²) in [5.74, 6) is -0.402. The lowest BCUT2D eigenvalue weighted by Crippen LogP contribution is -2.30. The highest BCUT2D eigenvalue weighted by Crippen LogP contribution is 2.23.